The van der Waals surface area contributed by atoms with Gasteiger partial charge in [-0.25, -0.2) is 9.97 Å². The minimum atomic E-state index is 0.196. The van der Waals surface area contributed by atoms with Gasteiger partial charge in [-0.05, 0) is 31.0 Å². The molecule has 150 valence electrons. The summed E-state index contributed by atoms with van der Waals surface area (Å²) < 4.78 is 5.82. The molecule has 1 fully saturated rings. The number of thioether (sulfide) groups is 1. The molecule has 1 aliphatic heterocycles. The van der Waals surface area contributed by atoms with Crippen molar-refractivity contribution < 1.29 is 9.53 Å². The second-order valence-electron chi connectivity index (χ2n) is 7.15. The maximum atomic E-state index is 12.7. The van der Waals surface area contributed by atoms with Crippen LogP contribution in [0.25, 0.3) is 10.9 Å². The Bertz CT molecular complexity index is 957. The molecule has 1 aromatic heterocycles. The molecule has 2 heterocycles. The molecule has 0 unspecified atom stereocenters. The first kappa shape index (κ1) is 19.7. The van der Waals surface area contributed by atoms with Crippen LogP contribution in [0.3, 0.4) is 0 Å². The number of nitrogens with zero attached hydrogens (tertiary/aromatic N) is 3. The van der Waals surface area contributed by atoms with E-state index in [1.807, 2.05) is 59.5 Å². The fraction of sp³-hybridized carbons (Fsp3) is 0.348. The van der Waals surface area contributed by atoms with Crippen LogP contribution in [0.4, 0.5) is 0 Å². The topological polar surface area (TPSA) is 55.3 Å². The number of amides is 1. The normalized spacial score (nSPS) is 14.6. The van der Waals surface area contributed by atoms with Gasteiger partial charge in [0.2, 0.25) is 5.91 Å². The monoisotopic (exact) mass is 407 g/mol. The molecule has 5 nitrogen and oxygen atoms in total. The van der Waals surface area contributed by atoms with Gasteiger partial charge in [-0.15, -0.1) is 0 Å². The first-order valence-electron chi connectivity index (χ1n) is 10.1. The standard InChI is InChI=1S/C23H25N3O2S/c27-22(26-14-8-1-2-9-15-26)17-29-23-19-12-6-7-13-20(19)24-21(25-23)16-28-18-10-4-3-5-11-18/h3-7,10-13H,1-2,8-9,14-17H2. The van der Waals surface area contributed by atoms with Crippen LogP contribution in [-0.2, 0) is 11.4 Å². The molecule has 6 heteroatoms. The zero-order chi connectivity index (χ0) is 19.9. The van der Waals surface area contributed by atoms with E-state index < -0.39 is 0 Å². The highest BCUT2D eigenvalue weighted by molar-refractivity contribution is 8.00. The van der Waals surface area contributed by atoms with Crippen molar-refractivity contribution in [3.63, 3.8) is 0 Å². The Kier molecular flexibility index (Phi) is 6.62. The third-order valence-electron chi connectivity index (χ3n) is 5.02. The molecule has 4 rings (SSSR count). The number of para-hydroxylation sites is 2. The van der Waals surface area contributed by atoms with Gasteiger partial charge in [0.25, 0.3) is 0 Å². The fourth-order valence-corrected chi connectivity index (χ4v) is 4.41. The van der Waals surface area contributed by atoms with Crippen molar-refractivity contribution in [3.05, 3.63) is 60.4 Å². The van der Waals surface area contributed by atoms with Crippen LogP contribution in [0.15, 0.2) is 59.6 Å². The Morgan fingerprint density at radius 1 is 0.931 bits per heavy atom. The first-order chi connectivity index (χ1) is 14.3. The molecule has 0 saturated carbocycles. The Morgan fingerprint density at radius 2 is 1.66 bits per heavy atom. The lowest BCUT2D eigenvalue weighted by Gasteiger charge is -2.20. The van der Waals surface area contributed by atoms with Crippen LogP contribution in [-0.4, -0.2) is 39.6 Å². The lowest BCUT2D eigenvalue weighted by atomic mass is 10.2. The van der Waals surface area contributed by atoms with Gasteiger partial charge in [-0.2, -0.15) is 0 Å². The highest BCUT2D eigenvalue weighted by Gasteiger charge is 2.17. The van der Waals surface area contributed by atoms with E-state index in [0.29, 0.717) is 18.2 Å². The molecule has 0 atom stereocenters. The number of hydrogen-bond acceptors (Lipinski definition) is 5. The highest BCUT2D eigenvalue weighted by atomic mass is 32.2. The largest absolute Gasteiger partial charge is 0.486 e. The summed E-state index contributed by atoms with van der Waals surface area (Å²) in [6.45, 7) is 2.04. The van der Waals surface area contributed by atoms with Gasteiger partial charge in [0.15, 0.2) is 5.82 Å². The zero-order valence-electron chi connectivity index (χ0n) is 16.4. The zero-order valence-corrected chi connectivity index (χ0v) is 17.2. The summed E-state index contributed by atoms with van der Waals surface area (Å²) in [7, 11) is 0. The van der Waals surface area contributed by atoms with Crippen molar-refractivity contribution in [1.82, 2.24) is 14.9 Å². The third kappa shape index (κ3) is 5.26. The van der Waals surface area contributed by atoms with E-state index in [1.165, 1.54) is 24.6 Å². The van der Waals surface area contributed by atoms with Crippen LogP contribution in [0.2, 0.25) is 0 Å². The van der Waals surface area contributed by atoms with E-state index in [4.69, 9.17) is 9.72 Å². The van der Waals surface area contributed by atoms with Crippen LogP contribution in [0, 0.1) is 0 Å². The maximum absolute atomic E-state index is 12.7. The molecule has 0 bridgehead atoms. The Labute approximate surface area is 175 Å². The molecule has 0 aliphatic carbocycles. The van der Waals surface area contributed by atoms with Crippen molar-refractivity contribution in [2.45, 2.75) is 37.3 Å². The Balaban J connectivity index is 1.48. The second-order valence-corrected chi connectivity index (χ2v) is 8.11. The third-order valence-corrected chi connectivity index (χ3v) is 5.99. The average molecular weight is 408 g/mol. The predicted molar refractivity (Wildman–Crippen MR) is 116 cm³/mol. The summed E-state index contributed by atoms with van der Waals surface area (Å²) in [5, 5.41) is 1.81. The van der Waals surface area contributed by atoms with Crippen LogP contribution < -0.4 is 4.74 Å². The summed E-state index contributed by atoms with van der Waals surface area (Å²) in [4.78, 5) is 24.0. The summed E-state index contributed by atoms with van der Waals surface area (Å²) in [6, 6.07) is 17.6. The second kappa shape index (κ2) is 9.74. The number of aromatic nitrogens is 2. The van der Waals surface area contributed by atoms with E-state index in [2.05, 4.69) is 4.98 Å². The Hall–Kier alpha value is -2.60. The van der Waals surface area contributed by atoms with E-state index in [-0.39, 0.29) is 5.91 Å². The summed E-state index contributed by atoms with van der Waals surface area (Å²) >= 11 is 1.50. The molecule has 0 N–H and O–H groups in total. The number of benzene rings is 2. The van der Waals surface area contributed by atoms with Gasteiger partial charge < -0.3 is 9.64 Å². The van der Waals surface area contributed by atoms with Gasteiger partial charge in [0, 0.05) is 18.5 Å². The number of likely N-dealkylation sites (tertiary alicyclic amines) is 1. The van der Waals surface area contributed by atoms with Gasteiger partial charge >= 0.3 is 0 Å². The number of carbonyl (C=O) groups excluding carboxylic acids is 1. The summed E-state index contributed by atoms with van der Waals surface area (Å²) in [5.74, 6) is 2.01. The fourth-order valence-electron chi connectivity index (χ4n) is 3.47. The van der Waals surface area contributed by atoms with E-state index in [0.717, 1.165) is 47.6 Å². The lowest BCUT2D eigenvalue weighted by Crippen LogP contribution is -2.33. The molecule has 0 radical (unpaired) electrons. The van der Waals surface area contributed by atoms with Crippen LogP contribution in [0.1, 0.15) is 31.5 Å². The molecule has 1 saturated heterocycles. The van der Waals surface area contributed by atoms with Gasteiger partial charge in [0.1, 0.15) is 17.4 Å². The molecule has 1 amide bonds. The summed E-state index contributed by atoms with van der Waals surface area (Å²) in [6.07, 6.45) is 4.65. The average Bonchev–Trinajstić information content (AvgIpc) is 3.06. The van der Waals surface area contributed by atoms with Crippen molar-refractivity contribution in [3.8, 4) is 5.75 Å². The highest BCUT2D eigenvalue weighted by Crippen LogP contribution is 2.26. The Morgan fingerprint density at radius 3 is 2.45 bits per heavy atom. The lowest BCUT2D eigenvalue weighted by molar-refractivity contribution is -0.128. The summed E-state index contributed by atoms with van der Waals surface area (Å²) in [5.41, 5.74) is 0.874. The molecule has 1 aliphatic rings. The first-order valence-corrected chi connectivity index (χ1v) is 11.1. The number of hydrogen-bond donors (Lipinski definition) is 0. The van der Waals surface area contributed by atoms with Gasteiger partial charge in [0.05, 0.1) is 11.3 Å². The minimum Gasteiger partial charge on any atom is -0.486 e. The molecular weight excluding hydrogens is 382 g/mol. The molecule has 29 heavy (non-hydrogen) atoms. The number of fused-ring (bicyclic) bond motifs is 1. The van der Waals surface area contributed by atoms with E-state index in [9.17, 15) is 4.79 Å². The SMILES string of the molecule is O=C(CSc1nc(COc2ccccc2)nc2ccccc12)N1CCCCCC1. The van der Waals surface area contributed by atoms with Crippen molar-refractivity contribution >= 4 is 28.6 Å². The van der Waals surface area contributed by atoms with Crippen LogP contribution >= 0.6 is 11.8 Å². The van der Waals surface area contributed by atoms with Crippen molar-refractivity contribution in [2.75, 3.05) is 18.8 Å². The van der Waals surface area contributed by atoms with Gasteiger partial charge in [-0.1, -0.05) is 61.0 Å². The smallest absolute Gasteiger partial charge is 0.232 e. The van der Waals surface area contributed by atoms with E-state index >= 15 is 0 Å². The van der Waals surface area contributed by atoms with E-state index in [1.54, 1.807) is 0 Å². The number of ether oxygens (including phenoxy) is 1. The van der Waals surface area contributed by atoms with Crippen molar-refractivity contribution in [1.29, 1.82) is 0 Å². The molecule has 3 aromatic rings. The van der Waals surface area contributed by atoms with Crippen molar-refractivity contribution in [2.24, 2.45) is 0 Å². The molecular formula is C23H25N3O2S. The number of rotatable bonds is 6. The van der Waals surface area contributed by atoms with Gasteiger partial charge in [-0.3, -0.25) is 4.79 Å². The molecule has 2 aromatic carbocycles. The minimum absolute atomic E-state index is 0.196. The quantitative estimate of drug-likeness (QED) is 0.438. The number of carbonyl (C=O) groups is 1. The maximum Gasteiger partial charge on any atom is 0.232 e. The molecule has 0 spiro atoms. The predicted octanol–water partition coefficient (Wildman–Crippen LogP) is 4.70. The van der Waals surface area contributed by atoms with Crippen LogP contribution in [0.5, 0.6) is 5.75 Å².